The van der Waals surface area contributed by atoms with Gasteiger partial charge in [-0.15, -0.1) is 5.73 Å². The number of hydrogen-bond acceptors (Lipinski definition) is 1. The molecule has 1 unspecified atom stereocenters. The molecule has 0 spiro atoms. The maximum absolute atomic E-state index is 9.77. The number of benzene rings is 1. The highest BCUT2D eigenvalue weighted by Crippen LogP contribution is 2.18. The number of unbranched alkanes of at least 4 members (excludes halogenated alkanes) is 1. The fourth-order valence-electron chi connectivity index (χ4n) is 1.36. The molecule has 1 nitrogen and oxygen atoms in total. The van der Waals surface area contributed by atoms with Gasteiger partial charge in [0.05, 0.1) is 6.10 Å². The van der Waals surface area contributed by atoms with Crippen molar-refractivity contribution in [3.8, 4) is 0 Å². The Hall–Kier alpha value is -1.30. The van der Waals surface area contributed by atoms with Gasteiger partial charge in [-0.2, -0.15) is 0 Å². The molecule has 1 atom stereocenters. The minimum absolute atomic E-state index is 0.339. The van der Waals surface area contributed by atoms with E-state index in [1.165, 1.54) is 0 Å². The molecule has 1 aromatic carbocycles. The first-order valence-electron chi connectivity index (χ1n) is 4.92. The van der Waals surface area contributed by atoms with E-state index in [0.717, 1.165) is 24.8 Å². The molecule has 0 amide bonds. The fraction of sp³-hybridized carbons (Fsp3) is 0.308. The molecule has 0 saturated heterocycles. The zero-order valence-corrected chi connectivity index (χ0v) is 8.32. The van der Waals surface area contributed by atoms with E-state index in [4.69, 9.17) is 0 Å². The van der Waals surface area contributed by atoms with E-state index in [-0.39, 0.29) is 6.10 Å². The summed E-state index contributed by atoms with van der Waals surface area (Å²) < 4.78 is 0. The number of aliphatic hydroxyl groups excluding tert-OH is 1. The molecule has 1 N–H and O–H groups in total. The molecule has 0 radical (unpaired) electrons. The van der Waals surface area contributed by atoms with Crippen molar-refractivity contribution in [3.05, 3.63) is 54.3 Å². The molecule has 0 heterocycles. The van der Waals surface area contributed by atoms with E-state index in [1.807, 2.05) is 36.4 Å². The molecule has 1 aromatic rings. The summed E-state index contributed by atoms with van der Waals surface area (Å²) in [6.45, 7) is 3.49. The predicted molar refractivity (Wildman–Crippen MR) is 59.0 cm³/mol. The van der Waals surface area contributed by atoms with E-state index >= 15 is 0 Å². The molecule has 0 aromatic heterocycles. The second-order valence-corrected chi connectivity index (χ2v) is 3.27. The highest BCUT2D eigenvalue weighted by molar-refractivity contribution is 5.17. The van der Waals surface area contributed by atoms with Crippen LogP contribution in [0.3, 0.4) is 0 Å². The van der Waals surface area contributed by atoms with Gasteiger partial charge in [0.1, 0.15) is 0 Å². The first kappa shape index (κ1) is 10.8. The monoisotopic (exact) mass is 188 g/mol. The lowest BCUT2D eigenvalue weighted by molar-refractivity contribution is 0.165. The Labute approximate surface area is 85.4 Å². The average Bonchev–Trinajstić information content (AvgIpc) is 2.25. The first-order valence-corrected chi connectivity index (χ1v) is 4.92. The van der Waals surface area contributed by atoms with Crippen molar-refractivity contribution in [3.63, 3.8) is 0 Å². The zero-order valence-electron chi connectivity index (χ0n) is 8.32. The van der Waals surface area contributed by atoms with Gasteiger partial charge in [0.25, 0.3) is 0 Å². The van der Waals surface area contributed by atoms with Crippen LogP contribution in [0.4, 0.5) is 0 Å². The lowest BCUT2D eigenvalue weighted by atomic mass is 10.0. The molecule has 1 heteroatoms. The van der Waals surface area contributed by atoms with E-state index in [9.17, 15) is 5.11 Å². The molecular weight excluding hydrogens is 172 g/mol. The summed E-state index contributed by atoms with van der Waals surface area (Å²) in [5, 5.41) is 9.77. The van der Waals surface area contributed by atoms with Crippen molar-refractivity contribution in [1.82, 2.24) is 0 Å². The number of hydrogen-bond donors (Lipinski definition) is 1. The topological polar surface area (TPSA) is 20.2 Å². The number of aliphatic hydroxyl groups is 1. The molecule has 0 aliphatic rings. The van der Waals surface area contributed by atoms with Crippen molar-refractivity contribution < 1.29 is 5.11 Å². The lowest BCUT2D eigenvalue weighted by Gasteiger charge is -2.09. The smallest absolute Gasteiger partial charge is 0.0790 e. The Balaban J connectivity index is 2.35. The quantitative estimate of drug-likeness (QED) is 0.555. The molecule has 0 aliphatic carbocycles. The van der Waals surface area contributed by atoms with Crippen LogP contribution < -0.4 is 0 Å². The highest BCUT2D eigenvalue weighted by atomic mass is 16.3. The van der Waals surface area contributed by atoms with Crippen molar-refractivity contribution in [1.29, 1.82) is 0 Å². The first-order chi connectivity index (χ1) is 6.84. The Morgan fingerprint density at radius 1 is 1.36 bits per heavy atom. The van der Waals surface area contributed by atoms with Crippen LogP contribution in [-0.4, -0.2) is 5.11 Å². The Morgan fingerprint density at radius 3 is 2.71 bits per heavy atom. The van der Waals surface area contributed by atoms with Crippen molar-refractivity contribution >= 4 is 0 Å². The van der Waals surface area contributed by atoms with E-state index in [0.29, 0.717) is 0 Å². The summed E-state index contributed by atoms with van der Waals surface area (Å²) in [6, 6.07) is 9.75. The van der Waals surface area contributed by atoms with Gasteiger partial charge in [-0.25, -0.2) is 0 Å². The molecule has 0 fully saturated rings. The van der Waals surface area contributed by atoms with Crippen LogP contribution >= 0.6 is 0 Å². The largest absolute Gasteiger partial charge is 0.388 e. The van der Waals surface area contributed by atoms with Crippen LogP contribution in [0.5, 0.6) is 0 Å². The van der Waals surface area contributed by atoms with Gasteiger partial charge in [0, 0.05) is 0 Å². The number of allylic oxidation sites excluding steroid dienone is 1. The van der Waals surface area contributed by atoms with Gasteiger partial charge in [0.2, 0.25) is 0 Å². The van der Waals surface area contributed by atoms with Crippen LogP contribution in [-0.2, 0) is 0 Å². The molecule has 0 aliphatic heterocycles. The van der Waals surface area contributed by atoms with E-state index in [1.54, 1.807) is 0 Å². The predicted octanol–water partition coefficient (Wildman–Crippen LogP) is 3.23. The summed E-state index contributed by atoms with van der Waals surface area (Å²) in [4.78, 5) is 0. The molecule has 74 valence electrons. The van der Waals surface area contributed by atoms with Crippen LogP contribution in [0.2, 0.25) is 0 Å². The van der Waals surface area contributed by atoms with Crippen molar-refractivity contribution in [2.75, 3.05) is 0 Å². The van der Waals surface area contributed by atoms with Crippen LogP contribution in [0.25, 0.3) is 0 Å². The minimum Gasteiger partial charge on any atom is -0.388 e. The normalized spacial score (nSPS) is 11.8. The second-order valence-electron chi connectivity index (χ2n) is 3.27. The Bertz CT molecular complexity index is 296. The third-order valence-corrected chi connectivity index (χ3v) is 2.15. The van der Waals surface area contributed by atoms with Gasteiger partial charge in [-0.1, -0.05) is 36.9 Å². The Kier molecular flexibility index (Phi) is 4.77. The maximum Gasteiger partial charge on any atom is 0.0790 e. The van der Waals surface area contributed by atoms with E-state index < -0.39 is 0 Å². The summed E-state index contributed by atoms with van der Waals surface area (Å²) in [5.74, 6) is 0. The van der Waals surface area contributed by atoms with Gasteiger partial charge >= 0.3 is 0 Å². The third-order valence-electron chi connectivity index (χ3n) is 2.15. The van der Waals surface area contributed by atoms with E-state index in [2.05, 4.69) is 12.3 Å². The van der Waals surface area contributed by atoms with Crippen molar-refractivity contribution in [2.45, 2.75) is 25.4 Å². The molecule has 1 rings (SSSR count). The SMILES string of the molecule is C=C=CCCCC(O)c1ccccc1. The Morgan fingerprint density at radius 2 is 2.07 bits per heavy atom. The maximum atomic E-state index is 9.77. The second kappa shape index (κ2) is 6.20. The highest BCUT2D eigenvalue weighted by Gasteiger charge is 2.04. The number of rotatable bonds is 5. The van der Waals surface area contributed by atoms with Gasteiger partial charge < -0.3 is 5.11 Å². The summed E-state index contributed by atoms with van der Waals surface area (Å²) in [6.07, 6.45) is 4.26. The zero-order chi connectivity index (χ0) is 10.2. The third kappa shape index (κ3) is 3.61. The molecule has 14 heavy (non-hydrogen) atoms. The fourth-order valence-corrected chi connectivity index (χ4v) is 1.36. The average molecular weight is 188 g/mol. The van der Waals surface area contributed by atoms with Crippen LogP contribution in [0.15, 0.2) is 48.7 Å². The van der Waals surface area contributed by atoms with Gasteiger partial charge in [0.15, 0.2) is 0 Å². The lowest BCUT2D eigenvalue weighted by Crippen LogP contribution is -1.96. The van der Waals surface area contributed by atoms with Gasteiger partial charge in [-0.3, -0.25) is 0 Å². The standard InChI is InChI=1S/C13H16O/c1-2-3-4-8-11-13(14)12-9-6-5-7-10-12/h3,5-7,9-10,13-14H,1,4,8,11H2. The molecule has 0 saturated carbocycles. The minimum atomic E-state index is -0.339. The van der Waals surface area contributed by atoms with Gasteiger partial charge in [-0.05, 0) is 30.9 Å². The summed E-state index contributed by atoms with van der Waals surface area (Å²) >= 11 is 0. The van der Waals surface area contributed by atoms with Crippen LogP contribution in [0, 0.1) is 0 Å². The summed E-state index contributed by atoms with van der Waals surface area (Å²) in [7, 11) is 0. The molecule has 0 bridgehead atoms. The molecular formula is C13H16O. The van der Waals surface area contributed by atoms with Crippen LogP contribution in [0.1, 0.15) is 30.9 Å². The summed E-state index contributed by atoms with van der Waals surface area (Å²) in [5.41, 5.74) is 3.72. The van der Waals surface area contributed by atoms with Crippen molar-refractivity contribution in [2.24, 2.45) is 0 Å².